The average Bonchev–Trinajstić information content (AvgIpc) is 3.45. The third kappa shape index (κ3) is 8.62. The molecular formula is C32H35F4N3O4. The molecule has 0 aliphatic carbocycles. The monoisotopic (exact) mass is 601 g/mol. The summed E-state index contributed by atoms with van der Waals surface area (Å²) in [5.74, 6) is -1.95. The third-order valence-electron chi connectivity index (χ3n) is 7.47. The van der Waals surface area contributed by atoms with Crippen molar-refractivity contribution < 1.29 is 37.0 Å². The van der Waals surface area contributed by atoms with Gasteiger partial charge in [-0.3, -0.25) is 9.59 Å². The number of halogens is 4. The number of aliphatic hydroxyl groups is 1. The second-order valence-electron chi connectivity index (χ2n) is 10.6. The summed E-state index contributed by atoms with van der Waals surface area (Å²) in [5.41, 5.74) is 0.226. The van der Waals surface area contributed by atoms with Crippen LogP contribution < -0.4 is 10.6 Å². The molecule has 0 spiro atoms. The molecule has 4 rings (SSSR count). The fourth-order valence-electron chi connectivity index (χ4n) is 5.23. The van der Waals surface area contributed by atoms with Gasteiger partial charge in [0.2, 0.25) is 0 Å². The van der Waals surface area contributed by atoms with Gasteiger partial charge >= 0.3 is 6.18 Å². The van der Waals surface area contributed by atoms with Gasteiger partial charge in [-0.2, -0.15) is 13.2 Å². The van der Waals surface area contributed by atoms with Gasteiger partial charge in [0.15, 0.2) is 0 Å². The fourth-order valence-corrected chi connectivity index (χ4v) is 5.23. The molecule has 1 fully saturated rings. The van der Waals surface area contributed by atoms with Crippen LogP contribution in [-0.2, 0) is 23.9 Å². The summed E-state index contributed by atoms with van der Waals surface area (Å²) in [7, 11) is 1.56. The van der Waals surface area contributed by atoms with E-state index < -0.39 is 35.6 Å². The molecule has 1 aliphatic heterocycles. The molecule has 1 saturated heterocycles. The summed E-state index contributed by atoms with van der Waals surface area (Å²) in [6, 6.07) is 16.5. The van der Waals surface area contributed by atoms with Gasteiger partial charge in [0.1, 0.15) is 5.82 Å². The van der Waals surface area contributed by atoms with Crippen molar-refractivity contribution in [3.8, 4) is 0 Å². The van der Waals surface area contributed by atoms with Crippen LogP contribution in [0.3, 0.4) is 0 Å². The number of carbonyl (C=O) groups excluding carboxylic acids is 2. The highest BCUT2D eigenvalue weighted by molar-refractivity contribution is 6.00. The molecule has 0 saturated carbocycles. The molecule has 3 atom stereocenters. The fraction of sp³-hybridized carbons (Fsp3) is 0.375. The Morgan fingerprint density at radius 3 is 2.51 bits per heavy atom. The zero-order valence-electron chi connectivity index (χ0n) is 23.7. The first-order valence-corrected chi connectivity index (χ1v) is 14.1. The smallest absolute Gasteiger partial charge is 0.390 e. The maximum atomic E-state index is 14.9. The highest BCUT2D eigenvalue weighted by atomic mass is 19.4. The quantitative estimate of drug-likeness (QED) is 0.265. The van der Waals surface area contributed by atoms with Crippen LogP contribution in [0.5, 0.6) is 0 Å². The molecule has 11 heteroatoms. The lowest BCUT2D eigenvalue weighted by Crippen LogP contribution is -2.48. The Morgan fingerprint density at radius 2 is 1.79 bits per heavy atom. The molecule has 43 heavy (non-hydrogen) atoms. The van der Waals surface area contributed by atoms with Crippen LogP contribution in [0.2, 0.25) is 0 Å². The maximum Gasteiger partial charge on any atom is 0.416 e. The van der Waals surface area contributed by atoms with Gasteiger partial charge in [-0.25, -0.2) is 4.39 Å². The highest BCUT2D eigenvalue weighted by Gasteiger charge is 2.31. The van der Waals surface area contributed by atoms with E-state index in [2.05, 4.69) is 10.6 Å². The SMILES string of the molecule is COC[C@H]1CCCN1C(=O)c1ccc(F)c(C(=O)N[C@@H](Cc2ccccc2)[C@H](O)CNCc2cccc(C(F)(F)F)c2)c1. The van der Waals surface area contributed by atoms with Crippen molar-refractivity contribution in [3.63, 3.8) is 0 Å². The summed E-state index contributed by atoms with van der Waals surface area (Å²) >= 11 is 0. The predicted octanol–water partition coefficient (Wildman–Crippen LogP) is 4.59. The van der Waals surface area contributed by atoms with Gasteiger partial charge in [-0.05, 0) is 54.7 Å². The molecule has 1 heterocycles. The number of hydrogen-bond acceptors (Lipinski definition) is 5. The number of methoxy groups -OCH3 is 1. The Labute approximate surface area is 247 Å². The maximum absolute atomic E-state index is 14.9. The highest BCUT2D eigenvalue weighted by Crippen LogP contribution is 2.29. The van der Waals surface area contributed by atoms with Crippen LogP contribution in [0.15, 0.2) is 72.8 Å². The van der Waals surface area contributed by atoms with Crippen LogP contribution in [0.1, 0.15) is 50.2 Å². The number of hydrogen-bond donors (Lipinski definition) is 3. The number of nitrogens with one attached hydrogen (secondary N) is 2. The topological polar surface area (TPSA) is 90.9 Å². The number of carbonyl (C=O) groups is 2. The van der Waals surface area contributed by atoms with E-state index >= 15 is 0 Å². The third-order valence-corrected chi connectivity index (χ3v) is 7.47. The van der Waals surface area contributed by atoms with Crippen molar-refractivity contribution in [2.45, 2.75) is 50.2 Å². The molecule has 0 aromatic heterocycles. The lowest BCUT2D eigenvalue weighted by atomic mass is 10.00. The number of nitrogens with zero attached hydrogens (tertiary/aromatic N) is 1. The van der Waals surface area contributed by atoms with Gasteiger partial charge in [-0.1, -0.05) is 48.5 Å². The molecule has 230 valence electrons. The second kappa shape index (κ2) is 14.6. The van der Waals surface area contributed by atoms with E-state index in [0.717, 1.165) is 36.6 Å². The zero-order chi connectivity index (χ0) is 31.0. The van der Waals surface area contributed by atoms with Crippen LogP contribution in [0.25, 0.3) is 0 Å². The summed E-state index contributed by atoms with van der Waals surface area (Å²) in [6.07, 6.45) is -3.85. The van der Waals surface area contributed by atoms with Crippen molar-refractivity contribution in [1.29, 1.82) is 0 Å². The normalized spacial score (nSPS) is 16.6. The zero-order valence-corrected chi connectivity index (χ0v) is 23.7. The van der Waals surface area contributed by atoms with Crippen molar-refractivity contribution in [3.05, 3.63) is 106 Å². The Kier molecular flexibility index (Phi) is 10.9. The minimum atomic E-state index is -4.47. The van der Waals surface area contributed by atoms with Crippen LogP contribution in [0.4, 0.5) is 17.6 Å². The Morgan fingerprint density at radius 1 is 1.05 bits per heavy atom. The van der Waals surface area contributed by atoms with Gasteiger partial charge < -0.3 is 25.4 Å². The number of benzene rings is 3. The molecular weight excluding hydrogens is 566 g/mol. The van der Waals surface area contributed by atoms with Crippen LogP contribution >= 0.6 is 0 Å². The van der Waals surface area contributed by atoms with E-state index in [9.17, 15) is 32.3 Å². The van der Waals surface area contributed by atoms with Gasteiger partial charge in [0.05, 0.1) is 35.9 Å². The van der Waals surface area contributed by atoms with E-state index in [4.69, 9.17) is 4.74 Å². The number of ether oxygens (including phenoxy) is 1. The molecule has 3 N–H and O–H groups in total. The molecule has 3 aromatic rings. The number of likely N-dealkylation sites (tertiary alicyclic amines) is 1. The number of aliphatic hydroxyl groups excluding tert-OH is 1. The Hall–Kier alpha value is -3.80. The molecule has 3 aromatic carbocycles. The van der Waals surface area contributed by atoms with E-state index in [0.29, 0.717) is 18.7 Å². The largest absolute Gasteiger partial charge is 0.416 e. The molecule has 0 bridgehead atoms. The summed E-state index contributed by atoms with van der Waals surface area (Å²) in [5, 5.41) is 16.7. The molecule has 7 nitrogen and oxygen atoms in total. The lowest BCUT2D eigenvalue weighted by Gasteiger charge is -2.26. The van der Waals surface area contributed by atoms with Gasteiger partial charge in [0.25, 0.3) is 11.8 Å². The van der Waals surface area contributed by atoms with E-state index in [-0.39, 0.29) is 42.6 Å². The number of rotatable bonds is 12. The van der Waals surface area contributed by atoms with E-state index in [1.165, 1.54) is 24.3 Å². The first kappa shape index (κ1) is 32.1. The molecule has 2 amide bonds. The van der Waals surface area contributed by atoms with Crippen LogP contribution in [0, 0.1) is 5.82 Å². The summed E-state index contributed by atoms with van der Waals surface area (Å²) in [4.78, 5) is 28.2. The second-order valence-corrected chi connectivity index (χ2v) is 10.6. The van der Waals surface area contributed by atoms with E-state index in [1.807, 2.05) is 18.2 Å². The van der Waals surface area contributed by atoms with E-state index in [1.54, 1.807) is 24.1 Å². The first-order chi connectivity index (χ1) is 20.6. The van der Waals surface area contributed by atoms with Crippen molar-refractivity contribution >= 4 is 11.8 Å². The predicted molar refractivity (Wildman–Crippen MR) is 153 cm³/mol. The van der Waals surface area contributed by atoms with Crippen molar-refractivity contribution in [2.24, 2.45) is 0 Å². The molecule has 0 unspecified atom stereocenters. The molecule has 1 aliphatic rings. The van der Waals surface area contributed by atoms with Crippen molar-refractivity contribution in [2.75, 3.05) is 26.8 Å². The first-order valence-electron chi connectivity index (χ1n) is 14.1. The minimum absolute atomic E-state index is 0.0480. The number of alkyl halides is 3. The summed E-state index contributed by atoms with van der Waals surface area (Å²) < 4.78 is 59.3. The molecule has 0 radical (unpaired) electrons. The van der Waals surface area contributed by atoms with Gasteiger partial charge in [0, 0.05) is 32.3 Å². The standard InChI is InChI=1S/C32H35F4N3O4/c1-43-20-25-11-6-14-39(25)31(42)23-12-13-27(33)26(17-23)30(41)38-28(16-21-7-3-2-4-8-21)29(40)19-37-18-22-9-5-10-24(15-22)32(34,35)36/h2-5,7-10,12-13,15,17,25,28-29,37,40H,6,11,14,16,18-20H2,1H3,(H,38,41)/t25-,28+,29-/m1/s1. The van der Waals surface area contributed by atoms with Crippen LogP contribution in [-0.4, -0.2) is 66.8 Å². The van der Waals surface area contributed by atoms with Crippen molar-refractivity contribution in [1.82, 2.24) is 15.5 Å². The minimum Gasteiger partial charge on any atom is -0.390 e. The lowest BCUT2D eigenvalue weighted by molar-refractivity contribution is -0.137. The Balaban J connectivity index is 1.47. The van der Waals surface area contributed by atoms with Gasteiger partial charge in [-0.15, -0.1) is 0 Å². The number of amides is 2. The average molecular weight is 602 g/mol. The summed E-state index contributed by atoms with van der Waals surface area (Å²) in [6.45, 7) is 0.892. The Bertz CT molecular complexity index is 1390.